The second kappa shape index (κ2) is 8.00. The van der Waals surface area contributed by atoms with Gasteiger partial charge in [-0.1, -0.05) is 24.5 Å². The zero-order valence-corrected chi connectivity index (χ0v) is 16.4. The molecule has 1 aliphatic rings. The summed E-state index contributed by atoms with van der Waals surface area (Å²) >= 11 is 0. The van der Waals surface area contributed by atoms with Gasteiger partial charge in [-0.25, -0.2) is 9.48 Å². The molecule has 0 unspecified atom stereocenters. The van der Waals surface area contributed by atoms with Crippen molar-refractivity contribution in [2.45, 2.75) is 64.5 Å². The van der Waals surface area contributed by atoms with Gasteiger partial charge >= 0.3 is 5.97 Å². The Morgan fingerprint density at radius 1 is 1.18 bits per heavy atom. The van der Waals surface area contributed by atoms with Gasteiger partial charge in [-0.15, -0.1) is 5.10 Å². The van der Waals surface area contributed by atoms with Crippen LogP contribution in [-0.2, 0) is 4.79 Å². The third-order valence-electron chi connectivity index (χ3n) is 5.03. The van der Waals surface area contributed by atoms with Crippen LogP contribution in [-0.4, -0.2) is 43.6 Å². The minimum absolute atomic E-state index is 0.0793. The van der Waals surface area contributed by atoms with Gasteiger partial charge < -0.3 is 15.2 Å². The summed E-state index contributed by atoms with van der Waals surface area (Å²) in [6.07, 6.45) is 3.48. The van der Waals surface area contributed by atoms with Crippen molar-refractivity contribution in [2.75, 3.05) is 0 Å². The molecule has 0 spiro atoms. The van der Waals surface area contributed by atoms with Crippen LogP contribution in [0.5, 0.6) is 5.75 Å². The van der Waals surface area contributed by atoms with Crippen LogP contribution in [0.3, 0.4) is 0 Å². The number of carbonyl (C=O) groups is 2. The minimum Gasteiger partial charge on any atom is -0.491 e. The molecule has 0 aliphatic heterocycles. The summed E-state index contributed by atoms with van der Waals surface area (Å²) in [5.74, 6) is -0.755. The van der Waals surface area contributed by atoms with Crippen LogP contribution in [0, 0.1) is 6.92 Å². The van der Waals surface area contributed by atoms with Gasteiger partial charge in [-0.2, -0.15) is 0 Å². The summed E-state index contributed by atoms with van der Waals surface area (Å²) in [6.45, 7) is 5.65. The molecule has 1 saturated carbocycles. The average Bonchev–Trinajstić information content (AvgIpc) is 3.04. The van der Waals surface area contributed by atoms with E-state index >= 15 is 0 Å². The van der Waals surface area contributed by atoms with E-state index in [1.165, 1.54) is 0 Å². The molecule has 1 aliphatic carbocycles. The average molecular weight is 386 g/mol. The standard InChI is InChI=1S/C20H26N4O4/c1-13(2)28-16-9-7-15(8-10-16)24-14(3)17(22-23-24)18(25)21-20(19(26)27)11-5-4-6-12-20/h7-10,13H,4-6,11-12H2,1-3H3,(H,21,25)(H,26,27). The lowest BCUT2D eigenvalue weighted by molar-refractivity contribution is -0.145. The lowest BCUT2D eigenvalue weighted by Crippen LogP contribution is -2.55. The number of hydrogen-bond acceptors (Lipinski definition) is 5. The Balaban J connectivity index is 1.80. The second-order valence-electron chi connectivity index (χ2n) is 7.50. The van der Waals surface area contributed by atoms with Crippen molar-refractivity contribution in [1.82, 2.24) is 20.3 Å². The number of aromatic nitrogens is 3. The van der Waals surface area contributed by atoms with Crippen LogP contribution in [0.25, 0.3) is 5.69 Å². The SMILES string of the molecule is Cc1c(C(=O)NC2(C(=O)O)CCCCC2)nnn1-c1ccc(OC(C)C)cc1. The van der Waals surface area contributed by atoms with Gasteiger partial charge in [0.15, 0.2) is 5.69 Å². The van der Waals surface area contributed by atoms with E-state index in [0.717, 1.165) is 30.7 Å². The van der Waals surface area contributed by atoms with Crippen molar-refractivity contribution < 1.29 is 19.4 Å². The normalized spacial score (nSPS) is 16.0. The Bertz CT molecular complexity index is 852. The van der Waals surface area contributed by atoms with E-state index in [1.807, 2.05) is 38.1 Å². The predicted octanol–water partition coefficient (Wildman–Crippen LogP) is 2.88. The van der Waals surface area contributed by atoms with Crippen molar-refractivity contribution in [3.05, 3.63) is 35.7 Å². The number of carboxylic acid groups (broad SMARTS) is 1. The van der Waals surface area contributed by atoms with E-state index in [-0.39, 0.29) is 11.8 Å². The first-order valence-electron chi connectivity index (χ1n) is 9.58. The van der Waals surface area contributed by atoms with Crippen molar-refractivity contribution in [3.63, 3.8) is 0 Å². The van der Waals surface area contributed by atoms with Gasteiger partial charge in [0, 0.05) is 0 Å². The molecular weight excluding hydrogens is 360 g/mol. The van der Waals surface area contributed by atoms with Gasteiger partial charge in [0.2, 0.25) is 0 Å². The number of nitrogens with zero attached hydrogens (tertiary/aromatic N) is 3. The Morgan fingerprint density at radius 3 is 2.39 bits per heavy atom. The molecule has 1 heterocycles. The smallest absolute Gasteiger partial charge is 0.329 e. The number of rotatable bonds is 6. The maximum Gasteiger partial charge on any atom is 0.329 e. The molecule has 1 fully saturated rings. The molecule has 1 amide bonds. The maximum absolute atomic E-state index is 12.8. The summed E-state index contributed by atoms with van der Waals surface area (Å²) in [5, 5.41) is 20.4. The van der Waals surface area contributed by atoms with Crippen LogP contribution in [0.1, 0.15) is 62.1 Å². The molecule has 1 aromatic heterocycles. The molecule has 8 heteroatoms. The van der Waals surface area contributed by atoms with Crippen LogP contribution < -0.4 is 10.1 Å². The molecule has 8 nitrogen and oxygen atoms in total. The maximum atomic E-state index is 12.8. The summed E-state index contributed by atoms with van der Waals surface area (Å²) in [4.78, 5) is 24.5. The molecule has 0 bridgehead atoms. The molecule has 28 heavy (non-hydrogen) atoms. The number of carbonyl (C=O) groups excluding carboxylic acids is 1. The van der Waals surface area contributed by atoms with E-state index in [0.29, 0.717) is 18.5 Å². The summed E-state index contributed by atoms with van der Waals surface area (Å²) in [6, 6.07) is 7.33. The summed E-state index contributed by atoms with van der Waals surface area (Å²) in [5.41, 5.74) is 0.201. The summed E-state index contributed by atoms with van der Waals surface area (Å²) in [7, 11) is 0. The molecule has 2 N–H and O–H groups in total. The molecule has 0 saturated heterocycles. The monoisotopic (exact) mass is 386 g/mol. The molecule has 0 atom stereocenters. The number of aliphatic carboxylic acids is 1. The second-order valence-corrected chi connectivity index (χ2v) is 7.50. The molecule has 3 rings (SSSR count). The Morgan fingerprint density at radius 2 is 1.82 bits per heavy atom. The quantitative estimate of drug-likeness (QED) is 0.791. The van der Waals surface area contributed by atoms with Crippen LogP contribution in [0.2, 0.25) is 0 Å². The van der Waals surface area contributed by atoms with Crippen molar-refractivity contribution in [2.24, 2.45) is 0 Å². The van der Waals surface area contributed by atoms with Gasteiger partial charge in [0.1, 0.15) is 11.3 Å². The van der Waals surface area contributed by atoms with E-state index < -0.39 is 17.4 Å². The number of nitrogens with one attached hydrogen (secondary N) is 1. The highest BCUT2D eigenvalue weighted by Gasteiger charge is 2.41. The van der Waals surface area contributed by atoms with E-state index in [9.17, 15) is 14.7 Å². The number of ether oxygens (including phenoxy) is 1. The van der Waals surface area contributed by atoms with Gasteiger partial charge in [-0.3, -0.25) is 4.79 Å². The third kappa shape index (κ3) is 4.00. The lowest BCUT2D eigenvalue weighted by Gasteiger charge is -2.33. The Kier molecular flexibility index (Phi) is 5.67. The highest BCUT2D eigenvalue weighted by Crippen LogP contribution is 2.29. The number of hydrogen-bond donors (Lipinski definition) is 2. The van der Waals surface area contributed by atoms with Crippen molar-refractivity contribution >= 4 is 11.9 Å². The topological polar surface area (TPSA) is 106 Å². The van der Waals surface area contributed by atoms with E-state index in [2.05, 4.69) is 15.6 Å². The molecular formula is C20H26N4O4. The number of benzene rings is 1. The zero-order chi connectivity index (χ0) is 20.3. The molecule has 2 aromatic rings. The highest BCUT2D eigenvalue weighted by molar-refractivity contribution is 5.97. The summed E-state index contributed by atoms with van der Waals surface area (Å²) < 4.78 is 7.19. The van der Waals surface area contributed by atoms with Crippen molar-refractivity contribution in [3.8, 4) is 11.4 Å². The highest BCUT2D eigenvalue weighted by atomic mass is 16.5. The Labute approximate surface area is 163 Å². The zero-order valence-electron chi connectivity index (χ0n) is 16.4. The fourth-order valence-corrected chi connectivity index (χ4v) is 3.55. The Hall–Kier alpha value is -2.90. The van der Waals surface area contributed by atoms with Gasteiger partial charge in [0.25, 0.3) is 5.91 Å². The van der Waals surface area contributed by atoms with Crippen LogP contribution >= 0.6 is 0 Å². The molecule has 150 valence electrons. The van der Waals surface area contributed by atoms with Gasteiger partial charge in [-0.05, 0) is 57.9 Å². The first-order chi connectivity index (χ1) is 13.3. The largest absolute Gasteiger partial charge is 0.491 e. The fourth-order valence-electron chi connectivity index (χ4n) is 3.55. The fraction of sp³-hybridized carbons (Fsp3) is 0.500. The van der Waals surface area contributed by atoms with Crippen molar-refractivity contribution in [1.29, 1.82) is 0 Å². The van der Waals surface area contributed by atoms with E-state index in [4.69, 9.17) is 4.74 Å². The minimum atomic E-state index is -1.22. The predicted molar refractivity (Wildman–Crippen MR) is 103 cm³/mol. The van der Waals surface area contributed by atoms with Crippen LogP contribution in [0.15, 0.2) is 24.3 Å². The number of amides is 1. The molecule has 0 radical (unpaired) electrons. The third-order valence-corrected chi connectivity index (χ3v) is 5.03. The lowest BCUT2D eigenvalue weighted by atomic mass is 9.81. The first kappa shape index (κ1) is 19.9. The van der Waals surface area contributed by atoms with E-state index in [1.54, 1.807) is 11.6 Å². The van der Waals surface area contributed by atoms with Gasteiger partial charge in [0.05, 0.1) is 17.5 Å². The molecule has 1 aromatic carbocycles. The number of carboxylic acids is 1. The first-order valence-corrected chi connectivity index (χ1v) is 9.58. The van der Waals surface area contributed by atoms with Crippen LogP contribution in [0.4, 0.5) is 0 Å².